The number of hydrogen-bond acceptors (Lipinski definition) is 4. The van der Waals surface area contributed by atoms with Crippen LogP contribution in [0.5, 0.6) is 0 Å². The smallest absolute Gasteiger partial charge is 0.165 e. The molecule has 0 saturated heterocycles. The zero-order valence-electron chi connectivity index (χ0n) is 9.81. The van der Waals surface area contributed by atoms with E-state index < -0.39 is 9.73 Å². The van der Waals surface area contributed by atoms with Crippen LogP contribution < -0.4 is 0 Å². The summed E-state index contributed by atoms with van der Waals surface area (Å²) in [4.78, 5) is 8.45. The van der Waals surface area contributed by atoms with Crippen LogP contribution in [0.3, 0.4) is 0 Å². The van der Waals surface area contributed by atoms with Crippen LogP contribution in [0.25, 0.3) is 0 Å². The molecule has 0 N–H and O–H groups in total. The zero-order chi connectivity index (χ0) is 11.7. The van der Waals surface area contributed by atoms with Crippen molar-refractivity contribution in [3.8, 4) is 0 Å². The minimum Gasteiger partial charge on any atom is -0.250 e. The van der Waals surface area contributed by atoms with E-state index in [4.69, 9.17) is 0 Å². The lowest BCUT2D eigenvalue weighted by molar-refractivity contribution is 0.545. The summed E-state index contributed by atoms with van der Waals surface area (Å²) in [6, 6.07) is 1.67. The third-order valence-electron chi connectivity index (χ3n) is 1.63. The van der Waals surface area contributed by atoms with E-state index in [0.717, 1.165) is 0 Å². The van der Waals surface area contributed by atoms with Gasteiger partial charge in [0.05, 0.1) is 0 Å². The van der Waals surface area contributed by atoms with E-state index >= 15 is 0 Å². The van der Waals surface area contributed by atoms with Gasteiger partial charge < -0.3 is 0 Å². The lowest BCUT2D eigenvalue weighted by Crippen LogP contribution is -2.15. The van der Waals surface area contributed by atoms with Crippen LogP contribution in [0.1, 0.15) is 26.6 Å². The van der Waals surface area contributed by atoms with Crippen molar-refractivity contribution in [2.24, 2.45) is 4.36 Å². The summed E-state index contributed by atoms with van der Waals surface area (Å²) in [6.07, 6.45) is 4.83. The fraction of sp³-hybridized carbons (Fsp3) is 0.600. The molecule has 1 aromatic rings. The van der Waals surface area contributed by atoms with Crippen LogP contribution in [-0.2, 0) is 15.1 Å². The topological polar surface area (TPSA) is 55.2 Å². The summed E-state index contributed by atoms with van der Waals surface area (Å²) in [6.45, 7) is 6.09. The maximum atomic E-state index is 11.5. The normalized spacial score (nSPS) is 12.6. The fourth-order valence-corrected chi connectivity index (χ4v) is 1.54. The van der Waals surface area contributed by atoms with Gasteiger partial charge in [-0.05, 0) is 0 Å². The van der Waals surface area contributed by atoms with Gasteiger partial charge in [-0.3, -0.25) is 0 Å². The first kappa shape index (κ1) is 12.1. The van der Waals surface area contributed by atoms with Crippen LogP contribution in [0.4, 0.5) is 5.82 Å². The van der Waals surface area contributed by atoms with E-state index in [-0.39, 0.29) is 5.41 Å². The molecule has 0 radical (unpaired) electrons. The number of hydrogen-bond donors (Lipinski definition) is 0. The highest BCUT2D eigenvalue weighted by Crippen LogP contribution is 2.20. The number of aromatic nitrogens is 2. The Morgan fingerprint density at radius 1 is 1.33 bits per heavy atom. The fourth-order valence-electron chi connectivity index (χ4n) is 0.987. The molecule has 0 atom stereocenters. The summed E-state index contributed by atoms with van der Waals surface area (Å²) in [5.41, 5.74) is -0.117. The van der Waals surface area contributed by atoms with Crippen molar-refractivity contribution in [2.45, 2.75) is 26.2 Å². The van der Waals surface area contributed by atoms with Crippen LogP contribution in [0, 0.1) is 0 Å². The average molecular weight is 227 g/mol. The molecule has 0 aliphatic rings. The Morgan fingerprint density at radius 2 is 1.93 bits per heavy atom. The molecular weight excluding hydrogens is 210 g/mol. The highest BCUT2D eigenvalue weighted by atomic mass is 32.2. The molecular formula is C10H17N3OS. The Labute approximate surface area is 91.3 Å². The van der Waals surface area contributed by atoms with E-state index in [9.17, 15) is 4.21 Å². The van der Waals surface area contributed by atoms with Crippen molar-refractivity contribution in [3.63, 3.8) is 0 Å². The van der Waals surface area contributed by atoms with Gasteiger partial charge in [-0.25, -0.2) is 14.2 Å². The molecule has 84 valence electrons. The van der Waals surface area contributed by atoms with Crippen molar-refractivity contribution in [1.82, 2.24) is 9.97 Å². The van der Waals surface area contributed by atoms with Gasteiger partial charge >= 0.3 is 0 Å². The summed E-state index contributed by atoms with van der Waals surface area (Å²) in [5.74, 6) is 1.21. The van der Waals surface area contributed by atoms with E-state index in [1.807, 2.05) is 20.8 Å². The molecule has 0 aliphatic heterocycles. The second-order valence-corrected chi connectivity index (χ2v) is 7.31. The van der Waals surface area contributed by atoms with Gasteiger partial charge in [-0.1, -0.05) is 20.8 Å². The minimum atomic E-state index is -2.15. The third kappa shape index (κ3) is 3.95. The quantitative estimate of drug-likeness (QED) is 0.738. The Balaban J connectivity index is 3.21. The van der Waals surface area contributed by atoms with Gasteiger partial charge in [0.15, 0.2) is 5.82 Å². The molecule has 1 aromatic heterocycles. The molecule has 0 amide bonds. The van der Waals surface area contributed by atoms with Gasteiger partial charge in [-0.15, -0.1) is 0 Å². The minimum absolute atomic E-state index is 0.117. The molecule has 0 unspecified atom stereocenters. The Kier molecular flexibility index (Phi) is 3.13. The van der Waals surface area contributed by atoms with Crippen LogP contribution in [0.2, 0.25) is 0 Å². The monoisotopic (exact) mass is 227 g/mol. The first-order valence-electron chi connectivity index (χ1n) is 4.69. The first-order valence-corrected chi connectivity index (χ1v) is 7.02. The van der Waals surface area contributed by atoms with Crippen LogP contribution >= 0.6 is 0 Å². The van der Waals surface area contributed by atoms with Gasteiger partial charge in [0.2, 0.25) is 0 Å². The van der Waals surface area contributed by atoms with E-state index in [2.05, 4.69) is 14.3 Å². The average Bonchev–Trinajstić information content (AvgIpc) is 1.99. The Morgan fingerprint density at radius 3 is 2.40 bits per heavy atom. The molecule has 0 saturated carbocycles. The van der Waals surface area contributed by atoms with Gasteiger partial charge in [0.1, 0.15) is 5.82 Å². The molecule has 0 fully saturated rings. The summed E-state index contributed by atoms with van der Waals surface area (Å²) >= 11 is 0. The van der Waals surface area contributed by atoms with Crippen molar-refractivity contribution in [1.29, 1.82) is 0 Å². The molecule has 1 heterocycles. The maximum absolute atomic E-state index is 11.5. The maximum Gasteiger partial charge on any atom is 0.165 e. The SMILES string of the molecule is CC(C)(C)c1nccc(N=S(C)(C)=O)n1. The highest BCUT2D eigenvalue weighted by Gasteiger charge is 2.17. The molecule has 0 aromatic carbocycles. The second kappa shape index (κ2) is 3.89. The lowest BCUT2D eigenvalue weighted by atomic mass is 9.96. The van der Waals surface area contributed by atoms with Crippen LogP contribution in [-0.4, -0.2) is 26.7 Å². The molecule has 1 rings (SSSR count). The predicted molar refractivity (Wildman–Crippen MR) is 62.8 cm³/mol. The van der Waals surface area contributed by atoms with Gasteiger partial charge in [0, 0.05) is 39.9 Å². The number of rotatable bonds is 1. The van der Waals surface area contributed by atoms with Crippen molar-refractivity contribution < 1.29 is 4.21 Å². The predicted octanol–water partition coefficient (Wildman–Crippen LogP) is 2.13. The largest absolute Gasteiger partial charge is 0.250 e. The molecule has 0 aliphatic carbocycles. The van der Waals surface area contributed by atoms with Crippen molar-refractivity contribution in [3.05, 3.63) is 18.1 Å². The molecule has 0 bridgehead atoms. The summed E-state index contributed by atoms with van der Waals surface area (Å²) < 4.78 is 15.5. The highest BCUT2D eigenvalue weighted by molar-refractivity contribution is 7.92. The van der Waals surface area contributed by atoms with E-state index in [1.54, 1.807) is 24.8 Å². The second-order valence-electron chi connectivity index (χ2n) is 4.76. The summed E-state index contributed by atoms with van der Waals surface area (Å²) in [5, 5.41) is 0. The van der Waals surface area contributed by atoms with Gasteiger partial charge in [-0.2, -0.15) is 4.36 Å². The molecule has 5 heteroatoms. The molecule has 0 spiro atoms. The van der Waals surface area contributed by atoms with E-state index in [0.29, 0.717) is 11.6 Å². The zero-order valence-corrected chi connectivity index (χ0v) is 10.6. The lowest BCUT2D eigenvalue weighted by Gasteiger charge is -2.15. The van der Waals surface area contributed by atoms with Crippen molar-refractivity contribution >= 4 is 15.5 Å². The van der Waals surface area contributed by atoms with Crippen molar-refractivity contribution in [2.75, 3.05) is 12.5 Å². The van der Waals surface area contributed by atoms with Crippen LogP contribution in [0.15, 0.2) is 16.6 Å². The number of nitrogens with zero attached hydrogens (tertiary/aromatic N) is 3. The Bertz CT molecular complexity index is 460. The Hall–Kier alpha value is -0.970. The first-order chi connectivity index (χ1) is 6.68. The van der Waals surface area contributed by atoms with Gasteiger partial charge in [0.25, 0.3) is 0 Å². The third-order valence-corrected chi connectivity index (χ3v) is 2.25. The molecule has 15 heavy (non-hydrogen) atoms. The molecule has 4 nitrogen and oxygen atoms in total. The standard InChI is InChI=1S/C10H17N3OS/c1-10(2,3)9-11-7-6-8(12-9)13-15(4,5)14/h6-7H,1-5H3. The summed E-state index contributed by atoms with van der Waals surface area (Å²) in [7, 11) is -2.15. The van der Waals surface area contributed by atoms with E-state index in [1.165, 1.54) is 0 Å².